The second-order valence-electron chi connectivity index (χ2n) is 7.11. The molecule has 0 aromatic carbocycles. The van der Waals surface area contributed by atoms with Gasteiger partial charge in [0.2, 0.25) is 5.89 Å². The average Bonchev–Trinajstić information content (AvgIpc) is 2.97. The van der Waals surface area contributed by atoms with Crippen LogP contribution in [0.2, 0.25) is 0 Å². The van der Waals surface area contributed by atoms with Gasteiger partial charge in [0.25, 0.3) is 5.89 Å². The molecule has 4 fully saturated rings. The molecule has 2 N–H and O–H groups in total. The third kappa shape index (κ3) is 2.62. The predicted molar refractivity (Wildman–Crippen MR) is 80.9 cm³/mol. The van der Waals surface area contributed by atoms with E-state index in [2.05, 4.69) is 19.8 Å². The van der Waals surface area contributed by atoms with Gasteiger partial charge in [-0.1, -0.05) is 0 Å². The second kappa shape index (κ2) is 5.30. The fraction of sp³-hybridized carbons (Fsp3) is 0.692. The lowest BCUT2D eigenvalue weighted by Gasteiger charge is -2.34. The van der Waals surface area contributed by atoms with Crippen LogP contribution in [0.4, 0.5) is 9.59 Å². The summed E-state index contributed by atoms with van der Waals surface area (Å²) in [6.45, 7) is 0.423. The first-order valence-electron chi connectivity index (χ1n) is 8.30. The van der Waals surface area contributed by atoms with Crippen LogP contribution in [0.5, 0.6) is 0 Å². The van der Waals surface area contributed by atoms with E-state index in [1.165, 1.54) is 4.90 Å². The summed E-state index contributed by atoms with van der Waals surface area (Å²) < 4.78 is 46.4. The Hall–Kier alpha value is -2.45. The van der Waals surface area contributed by atoms with Gasteiger partial charge in [-0.25, -0.2) is 9.59 Å². The van der Waals surface area contributed by atoms with Gasteiger partial charge in [0.05, 0.1) is 12.6 Å². The lowest BCUT2D eigenvalue weighted by Crippen LogP contribution is -2.43. The number of alkyl carbamates (subject to hydrolysis) is 1. The summed E-state index contributed by atoms with van der Waals surface area (Å²) in [6.07, 6.45) is 0.792. The number of nitrogens with one attached hydrogen (secondary N) is 1. The normalized spacial score (nSPS) is 31.4. The number of piperidine rings is 1. The van der Waals surface area contributed by atoms with Crippen molar-refractivity contribution in [3.05, 3.63) is 11.8 Å². The number of carbonyl (C=O) groups excluding carboxylic acids is 2. The minimum atomic E-state index is -4.82. The fourth-order valence-corrected chi connectivity index (χ4v) is 4.44. The molecule has 0 radical (unpaired) electrons. The summed E-state index contributed by atoms with van der Waals surface area (Å²) in [7, 11) is -4.82. The van der Waals surface area contributed by atoms with Crippen molar-refractivity contribution < 1.29 is 36.0 Å². The molecule has 1 saturated carbocycles. The van der Waals surface area contributed by atoms with E-state index in [9.17, 15) is 18.0 Å². The first-order chi connectivity index (χ1) is 12.8. The Morgan fingerprint density at radius 2 is 2.00 bits per heavy atom. The van der Waals surface area contributed by atoms with Gasteiger partial charge in [0.1, 0.15) is 6.04 Å². The number of urea groups is 1. The molecule has 4 aliphatic rings. The van der Waals surface area contributed by atoms with Crippen LogP contribution < -0.4 is 5.32 Å². The molecule has 14 heteroatoms. The summed E-state index contributed by atoms with van der Waals surface area (Å²) in [5.74, 6) is 0.299. The smallest absolute Gasteiger partial charge is 0.418 e. The van der Waals surface area contributed by atoms with Crippen molar-refractivity contribution in [3.63, 3.8) is 0 Å². The number of ether oxygens (including phenoxy) is 1. The molecule has 3 atom stereocenters. The van der Waals surface area contributed by atoms with Crippen molar-refractivity contribution in [2.45, 2.75) is 37.5 Å². The third-order valence-electron chi connectivity index (χ3n) is 5.53. The van der Waals surface area contributed by atoms with Crippen molar-refractivity contribution in [2.75, 3.05) is 13.1 Å². The van der Waals surface area contributed by atoms with Crippen molar-refractivity contribution in [3.8, 4) is 0 Å². The van der Waals surface area contributed by atoms with Gasteiger partial charge < -0.3 is 19.4 Å². The maximum atomic E-state index is 12.7. The van der Waals surface area contributed by atoms with E-state index in [4.69, 9.17) is 13.7 Å². The van der Waals surface area contributed by atoms with E-state index in [0.29, 0.717) is 6.42 Å². The van der Waals surface area contributed by atoms with Gasteiger partial charge in [0, 0.05) is 6.54 Å². The average molecular weight is 401 g/mol. The molecule has 1 spiro atoms. The van der Waals surface area contributed by atoms with Crippen LogP contribution in [0.15, 0.2) is 4.42 Å². The van der Waals surface area contributed by atoms with Gasteiger partial charge in [-0.15, -0.1) is 14.5 Å². The van der Waals surface area contributed by atoms with Gasteiger partial charge >= 0.3 is 22.5 Å². The molecule has 27 heavy (non-hydrogen) atoms. The molecule has 2 bridgehead atoms. The number of aromatic nitrogens is 2. The molecule has 3 amide bonds. The molecule has 1 aromatic rings. The largest absolute Gasteiger partial charge is 0.434 e. The molecule has 1 unspecified atom stereocenters. The van der Waals surface area contributed by atoms with Gasteiger partial charge in [-0.2, -0.15) is 13.5 Å². The quantitative estimate of drug-likeness (QED) is 0.652. The van der Waals surface area contributed by atoms with Gasteiger partial charge in [0.15, 0.2) is 6.10 Å². The number of hydroxylamine groups is 2. The molecule has 1 aromatic heterocycles. The van der Waals surface area contributed by atoms with E-state index in [1.807, 2.05) is 0 Å². The first-order valence-corrected chi connectivity index (χ1v) is 9.67. The van der Waals surface area contributed by atoms with E-state index in [0.717, 1.165) is 17.9 Å². The number of hydrogen-bond donors (Lipinski definition) is 2. The number of fused-ring (bicyclic) bond motifs is 3. The molecular formula is C13H15N5O8S. The van der Waals surface area contributed by atoms with Crippen LogP contribution >= 0.6 is 0 Å². The molecule has 146 valence electrons. The van der Waals surface area contributed by atoms with Crippen LogP contribution in [0.1, 0.15) is 43.2 Å². The van der Waals surface area contributed by atoms with Gasteiger partial charge in [-0.3, -0.25) is 4.55 Å². The number of rotatable bonds is 4. The SMILES string of the molecule is O=C1NCC(c2nnc([C@@H]3CC4(CC4)[C@@H]4CN3C(=O)N4OS(=O)(=O)O)o2)O1. The molecule has 4 heterocycles. The molecule has 1 aliphatic carbocycles. The Labute approximate surface area is 152 Å². The van der Waals surface area contributed by atoms with Crippen molar-refractivity contribution in [1.82, 2.24) is 25.5 Å². The third-order valence-corrected chi connectivity index (χ3v) is 5.88. The van der Waals surface area contributed by atoms with Gasteiger partial charge in [-0.05, 0) is 24.7 Å². The van der Waals surface area contributed by atoms with Crippen LogP contribution in [0.25, 0.3) is 0 Å². The molecule has 5 rings (SSSR count). The lowest BCUT2D eigenvalue weighted by atomic mass is 9.85. The molecule has 3 saturated heterocycles. The Morgan fingerprint density at radius 3 is 2.63 bits per heavy atom. The summed E-state index contributed by atoms with van der Waals surface area (Å²) in [6, 6.07) is -1.73. The van der Waals surface area contributed by atoms with Crippen LogP contribution in [-0.4, -0.2) is 64.4 Å². The highest BCUT2D eigenvalue weighted by Gasteiger charge is 2.65. The molecule has 13 nitrogen and oxygen atoms in total. The Kier molecular flexibility index (Phi) is 3.28. The van der Waals surface area contributed by atoms with E-state index in [-0.39, 0.29) is 30.3 Å². The molecular weight excluding hydrogens is 386 g/mol. The summed E-state index contributed by atoms with van der Waals surface area (Å²) in [5, 5.41) is 11.1. The number of hydrogen-bond acceptors (Lipinski definition) is 9. The zero-order valence-electron chi connectivity index (χ0n) is 13.8. The zero-order valence-corrected chi connectivity index (χ0v) is 14.6. The van der Waals surface area contributed by atoms with Crippen molar-refractivity contribution in [2.24, 2.45) is 5.41 Å². The summed E-state index contributed by atoms with van der Waals surface area (Å²) in [5.41, 5.74) is -0.325. The standard InChI is InChI=1S/C13H15N5O8S/c19-11-14-4-7(24-11)10-16-15-9(25-10)6-3-13(1-2-13)8-5-17(6)12(20)18(8)26-27(21,22)23/h6-8H,1-5H2,(H,14,19)(H,21,22,23)/t6-,7?,8-/m0/s1. The highest BCUT2D eigenvalue weighted by atomic mass is 32.3. The number of amides is 3. The topological polar surface area (TPSA) is 164 Å². The maximum Gasteiger partial charge on any atom is 0.418 e. The monoisotopic (exact) mass is 401 g/mol. The Balaban J connectivity index is 1.43. The summed E-state index contributed by atoms with van der Waals surface area (Å²) in [4.78, 5) is 25.2. The Morgan fingerprint density at radius 1 is 1.26 bits per heavy atom. The van der Waals surface area contributed by atoms with Crippen LogP contribution in [0.3, 0.4) is 0 Å². The highest BCUT2D eigenvalue weighted by molar-refractivity contribution is 7.80. The predicted octanol–water partition coefficient (Wildman–Crippen LogP) is -0.0839. The van der Waals surface area contributed by atoms with Crippen molar-refractivity contribution in [1.29, 1.82) is 0 Å². The van der Waals surface area contributed by atoms with E-state index < -0.39 is 40.7 Å². The zero-order chi connectivity index (χ0) is 19.0. The molecule has 3 aliphatic heterocycles. The summed E-state index contributed by atoms with van der Waals surface area (Å²) >= 11 is 0. The number of carbonyl (C=O) groups is 2. The van der Waals surface area contributed by atoms with Crippen LogP contribution in [0, 0.1) is 5.41 Å². The highest BCUT2D eigenvalue weighted by Crippen LogP contribution is 2.61. The minimum Gasteiger partial charge on any atom is -0.434 e. The maximum absolute atomic E-state index is 12.7. The van der Waals surface area contributed by atoms with E-state index >= 15 is 0 Å². The lowest BCUT2D eigenvalue weighted by molar-refractivity contribution is -0.0530. The van der Waals surface area contributed by atoms with Crippen LogP contribution in [-0.2, 0) is 19.4 Å². The minimum absolute atomic E-state index is 0.119. The van der Waals surface area contributed by atoms with E-state index in [1.54, 1.807) is 0 Å². The second-order valence-corrected chi connectivity index (χ2v) is 8.12. The Bertz CT molecular complexity index is 927. The first kappa shape index (κ1) is 16.7. The fourth-order valence-electron chi connectivity index (χ4n) is 4.07. The number of cyclic esters (lactones) is 1. The van der Waals surface area contributed by atoms with Crippen molar-refractivity contribution >= 4 is 22.5 Å². The number of nitrogens with zero attached hydrogens (tertiary/aromatic N) is 4.